The number of hydrogen-bond donors (Lipinski definition) is 4. The van der Waals surface area contributed by atoms with Gasteiger partial charge in [-0.05, 0) is 42.7 Å². The first-order chi connectivity index (χ1) is 17.3. The van der Waals surface area contributed by atoms with Crippen LogP contribution < -0.4 is 16.4 Å². The topological polar surface area (TPSA) is 139 Å². The number of hydrogen-bond acceptors (Lipinski definition) is 6. The molecule has 36 heavy (non-hydrogen) atoms. The third-order valence-electron chi connectivity index (χ3n) is 5.96. The number of aromatic nitrogens is 2. The van der Waals surface area contributed by atoms with Crippen LogP contribution in [-0.2, 0) is 4.74 Å². The van der Waals surface area contributed by atoms with Crippen molar-refractivity contribution >= 4 is 29.4 Å². The number of carbonyl (C=O) groups excluding carboxylic acids is 1. The van der Waals surface area contributed by atoms with Gasteiger partial charge in [-0.15, -0.1) is 0 Å². The number of nitrogens with one attached hydrogen (secondary N) is 2. The third-order valence-corrected chi connectivity index (χ3v) is 6.20. The maximum absolute atomic E-state index is 15.1. The van der Waals surface area contributed by atoms with Gasteiger partial charge in [-0.3, -0.25) is 4.79 Å². The molecule has 0 spiro atoms. The van der Waals surface area contributed by atoms with Crippen LogP contribution in [0.25, 0.3) is 11.3 Å². The molecule has 11 heteroatoms. The molecule has 1 aromatic heterocycles. The van der Waals surface area contributed by atoms with Crippen LogP contribution in [0, 0.1) is 5.82 Å². The van der Waals surface area contributed by atoms with E-state index in [0.717, 1.165) is 18.5 Å². The molecule has 2 amide bonds. The van der Waals surface area contributed by atoms with Gasteiger partial charge in [0.05, 0.1) is 23.5 Å². The van der Waals surface area contributed by atoms with Crippen LogP contribution in [-0.4, -0.2) is 46.8 Å². The summed E-state index contributed by atoms with van der Waals surface area (Å²) in [4.78, 5) is 32.8. The van der Waals surface area contributed by atoms with Crippen molar-refractivity contribution in [2.24, 2.45) is 0 Å². The van der Waals surface area contributed by atoms with E-state index in [2.05, 4.69) is 20.6 Å². The van der Waals surface area contributed by atoms with E-state index in [1.54, 1.807) is 36.5 Å². The van der Waals surface area contributed by atoms with Gasteiger partial charge in [-0.1, -0.05) is 29.8 Å². The standard InChI is InChI=1S/C25H25ClFN5O4/c26-17-3-1-2-15(10-17)21(13-30-25(34)35)32-24(33)18-5-4-16(11-19(18)27)22-23(28)29-12-20(31-22)14-6-8-36-9-7-14/h1-5,10-12,14,21,30H,6-9,13H2,(H2,28,29)(H,32,33)(H,34,35). The summed E-state index contributed by atoms with van der Waals surface area (Å²) >= 11 is 6.04. The molecule has 1 aliphatic rings. The van der Waals surface area contributed by atoms with Crippen LogP contribution in [0.1, 0.15) is 46.4 Å². The minimum absolute atomic E-state index is 0.133. The van der Waals surface area contributed by atoms with E-state index >= 15 is 4.39 Å². The summed E-state index contributed by atoms with van der Waals surface area (Å²) in [6, 6.07) is 9.91. The molecular weight excluding hydrogens is 489 g/mol. The zero-order valence-electron chi connectivity index (χ0n) is 19.2. The Morgan fingerprint density at radius 2 is 2.00 bits per heavy atom. The fourth-order valence-electron chi connectivity index (χ4n) is 4.06. The van der Waals surface area contributed by atoms with Crippen molar-refractivity contribution in [1.29, 1.82) is 0 Å². The molecule has 1 aliphatic heterocycles. The molecule has 1 unspecified atom stereocenters. The lowest BCUT2D eigenvalue weighted by Crippen LogP contribution is -2.37. The van der Waals surface area contributed by atoms with Crippen LogP contribution in [0.3, 0.4) is 0 Å². The van der Waals surface area contributed by atoms with Crippen molar-refractivity contribution in [2.45, 2.75) is 24.8 Å². The molecule has 4 rings (SSSR count). The van der Waals surface area contributed by atoms with Crippen molar-refractivity contribution in [3.8, 4) is 11.3 Å². The first-order valence-electron chi connectivity index (χ1n) is 11.3. The quantitative estimate of drug-likeness (QED) is 0.372. The number of nitrogens with zero attached hydrogens (tertiary/aromatic N) is 2. The van der Waals surface area contributed by atoms with E-state index in [4.69, 9.17) is 27.2 Å². The highest BCUT2D eigenvalue weighted by atomic mass is 35.5. The molecule has 188 valence electrons. The number of anilines is 1. The van der Waals surface area contributed by atoms with Gasteiger partial charge in [-0.25, -0.2) is 19.2 Å². The van der Waals surface area contributed by atoms with Gasteiger partial charge in [0.15, 0.2) is 0 Å². The van der Waals surface area contributed by atoms with E-state index in [9.17, 15) is 9.59 Å². The van der Waals surface area contributed by atoms with Gasteiger partial charge < -0.3 is 26.2 Å². The van der Waals surface area contributed by atoms with Gasteiger partial charge in [0.2, 0.25) is 0 Å². The van der Waals surface area contributed by atoms with Gasteiger partial charge in [-0.2, -0.15) is 0 Å². The molecule has 3 aromatic rings. The van der Waals surface area contributed by atoms with Gasteiger partial charge in [0, 0.05) is 36.3 Å². The van der Waals surface area contributed by atoms with Crippen LogP contribution in [0.4, 0.5) is 15.0 Å². The number of carbonyl (C=O) groups is 2. The Kier molecular flexibility index (Phi) is 7.97. The second kappa shape index (κ2) is 11.3. The molecule has 0 bridgehead atoms. The summed E-state index contributed by atoms with van der Waals surface area (Å²) in [5.74, 6) is -1.16. The maximum atomic E-state index is 15.1. The average molecular weight is 514 g/mol. The Balaban J connectivity index is 1.56. The maximum Gasteiger partial charge on any atom is 0.404 e. The summed E-state index contributed by atoms with van der Waals surface area (Å²) < 4.78 is 20.5. The molecule has 1 atom stereocenters. The Hall–Kier alpha value is -3.76. The summed E-state index contributed by atoms with van der Waals surface area (Å²) in [7, 11) is 0. The van der Waals surface area contributed by atoms with Crippen molar-refractivity contribution in [3.63, 3.8) is 0 Å². The number of carboxylic acid groups (broad SMARTS) is 1. The molecule has 2 aromatic carbocycles. The van der Waals surface area contributed by atoms with Gasteiger partial charge in [0.1, 0.15) is 17.3 Å². The van der Waals surface area contributed by atoms with Crippen molar-refractivity contribution < 1.29 is 23.8 Å². The molecule has 2 heterocycles. The Morgan fingerprint density at radius 3 is 2.69 bits per heavy atom. The number of nitrogens with two attached hydrogens (primary N) is 1. The zero-order chi connectivity index (χ0) is 25.7. The number of ether oxygens (including phenoxy) is 1. The Morgan fingerprint density at radius 1 is 1.22 bits per heavy atom. The summed E-state index contributed by atoms with van der Waals surface area (Å²) in [5, 5.41) is 14.3. The Bertz CT molecular complexity index is 1270. The Labute approximate surface area is 211 Å². The van der Waals surface area contributed by atoms with Gasteiger partial charge in [0.25, 0.3) is 5.91 Å². The fraction of sp³-hybridized carbons (Fsp3) is 0.280. The molecular formula is C25H25ClFN5O4. The van der Waals surface area contributed by atoms with E-state index in [1.807, 2.05) is 0 Å². The smallest absolute Gasteiger partial charge is 0.404 e. The lowest BCUT2D eigenvalue weighted by molar-refractivity contribution is 0.0844. The van der Waals surface area contributed by atoms with E-state index in [1.165, 1.54) is 12.1 Å². The largest absolute Gasteiger partial charge is 0.465 e. The monoisotopic (exact) mass is 513 g/mol. The third kappa shape index (κ3) is 6.07. The van der Waals surface area contributed by atoms with Crippen LogP contribution in [0.15, 0.2) is 48.7 Å². The molecule has 0 radical (unpaired) electrons. The summed E-state index contributed by atoms with van der Waals surface area (Å²) in [6.07, 6.45) is 2.01. The second-order valence-corrected chi connectivity index (χ2v) is 8.81. The van der Waals surface area contributed by atoms with E-state index in [-0.39, 0.29) is 23.8 Å². The number of benzene rings is 2. The summed E-state index contributed by atoms with van der Waals surface area (Å²) in [5.41, 5.74) is 7.88. The van der Waals surface area contributed by atoms with E-state index < -0.39 is 23.9 Å². The minimum Gasteiger partial charge on any atom is -0.465 e. The molecule has 1 saturated heterocycles. The predicted molar refractivity (Wildman–Crippen MR) is 132 cm³/mol. The first kappa shape index (κ1) is 25.3. The van der Waals surface area contributed by atoms with Crippen molar-refractivity contribution in [3.05, 3.63) is 76.3 Å². The predicted octanol–water partition coefficient (Wildman–Crippen LogP) is 4.15. The highest BCUT2D eigenvalue weighted by Crippen LogP contribution is 2.30. The van der Waals surface area contributed by atoms with E-state index in [0.29, 0.717) is 35.1 Å². The zero-order valence-corrected chi connectivity index (χ0v) is 20.0. The normalized spacial score (nSPS) is 14.7. The molecule has 0 aliphatic carbocycles. The first-order valence-corrected chi connectivity index (χ1v) is 11.7. The van der Waals surface area contributed by atoms with Crippen molar-refractivity contribution in [2.75, 3.05) is 25.5 Å². The fourth-order valence-corrected chi connectivity index (χ4v) is 4.26. The minimum atomic E-state index is -1.26. The molecule has 1 fully saturated rings. The molecule has 0 saturated carbocycles. The number of rotatable bonds is 7. The van der Waals surface area contributed by atoms with Gasteiger partial charge >= 0.3 is 6.09 Å². The number of nitrogen functional groups attached to an aromatic ring is 1. The molecule has 5 N–H and O–H groups in total. The van der Waals surface area contributed by atoms with Crippen LogP contribution in [0.5, 0.6) is 0 Å². The van der Waals surface area contributed by atoms with Crippen LogP contribution >= 0.6 is 11.6 Å². The highest BCUT2D eigenvalue weighted by Gasteiger charge is 2.22. The number of halogens is 2. The number of amides is 2. The average Bonchev–Trinajstić information content (AvgIpc) is 2.87. The highest BCUT2D eigenvalue weighted by molar-refractivity contribution is 6.30. The second-order valence-electron chi connectivity index (χ2n) is 8.38. The SMILES string of the molecule is Nc1ncc(C2CCOCC2)nc1-c1ccc(C(=O)NC(CNC(=O)O)c2cccc(Cl)c2)c(F)c1. The lowest BCUT2D eigenvalue weighted by atomic mass is 9.96. The van der Waals surface area contributed by atoms with Crippen molar-refractivity contribution in [1.82, 2.24) is 20.6 Å². The molecule has 9 nitrogen and oxygen atoms in total. The lowest BCUT2D eigenvalue weighted by Gasteiger charge is -2.22. The summed E-state index contributed by atoms with van der Waals surface area (Å²) in [6.45, 7) is 1.15. The van der Waals surface area contributed by atoms with Crippen LogP contribution in [0.2, 0.25) is 5.02 Å².